The van der Waals surface area contributed by atoms with E-state index in [9.17, 15) is 4.57 Å². The number of rotatable bonds is 3. The van der Waals surface area contributed by atoms with Crippen molar-refractivity contribution < 1.29 is 9.09 Å². The van der Waals surface area contributed by atoms with Crippen molar-refractivity contribution in [1.82, 2.24) is 0 Å². The summed E-state index contributed by atoms with van der Waals surface area (Å²) in [6.45, 7) is 8.34. The zero-order valence-corrected chi connectivity index (χ0v) is 16.4. The number of nitrogens with two attached hydrogens (primary N) is 1. The highest BCUT2D eigenvalue weighted by Gasteiger charge is 2.37. The van der Waals surface area contributed by atoms with Crippen LogP contribution in [0.4, 0.5) is 5.69 Å². The summed E-state index contributed by atoms with van der Waals surface area (Å²) in [6, 6.07) is 19.7. The second-order valence-corrected chi connectivity index (χ2v) is 9.11. The minimum atomic E-state index is -3.26. The van der Waals surface area contributed by atoms with Gasteiger partial charge in [-0.3, -0.25) is 4.57 Å². The summed E-state index contributed by atoms with van der Waals surface area (Å²) >= 11 is 0. The lowest BCUT2D eigenvalue weighted by molar-refractivity contribution is 0.347. The van der Waals surface area contributed by atoms with Gasteiger partial charge in [-0.15, -0.1) is 0 Å². The normalized spacial score (nSPS) is 18.1. The van der Waals surface area contributed by atoms with Gasteiger partial charge in [0, 0.05) is 11.0 Å². The summed E-state index contributed by atoms with van der Waals surface area (Å²) < 4.78 is 20.0. The fourth-order valence-electron chi connectivity index (χ4n) is 3.78. The van der Waals surface area contributed by atoms with Gasteiger partial charge in [-0.1, -0.05) is 49.0 Å². The zero-order chi connectivity index (χ0) is 19.2. The molecule has 1 aliphatic rings. The average Bonchev–Trinajstić information content (AvgIpc) is 2.65. The lowest BCUT2D eigenvalue weighted by Crippen LogP contribution is -2.40. The van der Waals surface area contributed by atoms with Crippen LogP contribution in [0.5, 0.6) is 0 Å². The van der Waals surface area contributed by atoms with E-state index >= 15 is 0 Å². The molecule has 0 fully saturated rings. The Morgan fingerprint density at radius 3 is 2.52 bits per heavy atom. The molecule has 3 aromatic rings. The maximum atomic E-state index is 14.1. The summed E-state index contributed by atoms with van der Waals surface area (Å²) in [7, 11) is -3.26. The van der Waals surface area contributed by atoms with Crippen molar-refractivity contribution in [3.8, 4) is 0 Å². The first kappa shape index (κ1) is 17.8. The molecule has 3 nitrogen and oxygen atoms in total. The van der Waals surface area contributed by atoms with Crippen LogP contribution in [0.3, 0.4) is 0 Å². The van der Waals surface area contributed by atoms with Crippen molar-refractivity contribution in [3.05, 3.63) is 87.8 Å². The number of hydrogen-bond acceptors (Lipinski definition) is 3. The van der Waals surface area contributed by atoms with E-state index in [1.54, 1.807) is 6.07 Å². The van der Waals surface area contributed by atoms with Gasteiger partial charge in [-0.25, -0.2) is 0 Å². The number of fused-ring (bicyclic) bond motifs is 2. The van der Waals surface area contributed by atoms with Crippen LogP contribution in [0.1, 0.15) is 23.6 Å². The topological polar surface area (TPSA) is 52.3 Å². The Morgan fingerprint density at radius 2 is 1.78 bits per heavy atom. The molecule has 0 spiro atoms. The first-order valence-corrected chi connectivity index (χ1v) is 10.6. The summed E-state index contributed by atoms with van der Waals surface area (Å²) in [4.78, 5) is 0. The Kier molecular flexibility index (Phi) is 4.30. The second-order valence-electron chi connectivity index (χ2n) is 6.79. The van der Waals surface area contributed by atoms with Gasteiger partial charge in [0.1, 0.15) is 0 Å². The summed E-state index contributed by atoms with van der Waals surface area (Å²) in [5.74, 6) is 0. The maximum absolute atomic E-state index is 14.1. The van der Waals surface area contributed by atoms with E-state index in [0.717, 1.165) is 32.7 Å². The molecule has 27 heavy (non-hydrogen) atoms. The molecule has 4 rings (SSSR count). The molecular formula is C23H22NO2P. The molecule has 0 bridgehead atoms. The van der Waals surface area contributed by atoms with E-state index < -0.39 is 7.37 Å². The largest absolute Gasteiger partial charge is 0.399 e. The van der Waals surface area contributed by atoms with Gasteiger partial charge in [0.2, 0.25) is 0 Å². The van der Waals surface area contributed by atoms with E-state index in [4.69, 9.17) is 10.3 Å². The number of anilines is 1. The minimum absolute atomic E-state index is 0.353. The molecule has 0 saturated carbocycles. The summed E-state index contributed by atoms with van der Waals surface area (Å²) in [5.41, 5.74) is 10.9. The standard InChI is InChI=1S/C23H22NO2P/c1-4-26-27(25)21-13-15(2)9-11-19(21)23(18-8-6-5-7-16(18)3)20-12-10-17(24)14-22(20)27/h5-14H,2,4,24H2,1,3H3. The Hall–Kier alpha value is -2.61. The van der Waals surface area contributed by atoms with Crippen LogP contribution in [0.15, 0.2) is 60.7 Å². The van der Waals surface area contributed by atoms with E-state index in [1.807, 2.05) is 49.4 Å². The van der Waals surface area contributed by atoms with Gasteiger partial charge >= 0.3 is 0 Å². The lowest BCUT2D eigenvalue weighted by atomic mass is 9.92. The van der Waals surface area contributed by atoms with Gasteiger partial charge in [-0.05, 0) is 64.7 Å². The molecule has 0 aliphatic carbocycles. The van der Waals surface area contributed by atoms with Gasteiger partial charge < -0.3 is 10.3 Å². The van der Waals surface area contributed by atoms with E-state index in [-0.39, 0.29) is 0 Å². The minimum Gasteiger partial charge on any atom is -0.399 e. The number of benzene rings is 3. The first-order valence-electron chi connectivity index (χ1n) is 9.00. The molecule has 136 valence electrons. The molecule has 3 aromatic carbocycles. The van der Waals surface area contributed by atoms with Crippen LogP contribution in [-0.4, -0.2) is 6.61 Å². The van der Waals surface area contributed by atoms with Crippen LogP contribution in [0, 0.1) is 6.92 Å². The first-order chi connectivity index (χ1) is 13.0. The Morgan fingerprint density at radius 1 is 1.00 bits per heavy atom. The van der Waals surface area contributed by atoms with Crippen molar-refractivity contribution in [1.29, 1.82) is 0 Å². The van der Waals surface area contributed by atoms with Crippen LogP contribution in [0.2, 0.25) is 0 Å². The van der Waals surface area contributed by atoms with Gasteiger partial charge in [0.05, 0.1) is 11.9 Å². The molecule has 0 saturated heterocycles. The number of hydrogen-bond donors (Lipinski definition) is 1. The molecule has 1 unspecified atom stereocenters. The fraction of sp³-hybridized carbons (Fsp3) is 0.130. The van der Waals surface area contributed by atoms with E-state index in [2.05, 4.69) is 25.6 Å². The van der Waals surface area contributed by atoms with Crippen molar-refractivity contribution in [2.24, 2.45) is 0 Å². The summed E-state index contributed by atoms with van der Waals surface area (Å²) in [5, 5.41) is 3.12. The summed E-state index contributed by atoms with van der Waals surface area (Å²) in [6.07, 6.45) is 0. The Labute approximate surface area is 159 Å². The Balaban J connectivity index is 2.25. The Bertz CT molecular complexity index is 1210. The van der Waals surface area contributed by atoms with Crippen LogP contribution in [-0.2, 0) is 9.09 Å². The molecule has 4 heteroatoms. The second kappa shape index (κ2) is 6.53. The van der Waals surface area contributed by atoms with E-state index in [1.165, 1.54) is 0 Å². The number of aryl methyl sites for hydroxylation is 1. The molecule has 1 aliphatic heterocycles. The quantitative estimate of drug-likeness (QED) is 0.566. The monoisotopic (exact) mass is 375 g/mol. The van der Waals surface area contributed by atoms with Crippen LogP contribution in [0.25, 0.3) is 12.2 Å². The molecule has 1 heterocycles. The third-order valence-corrected chi connectivity index (χ3v) is 7.61. The third kappa shape index (κ3) is 2.75. The van der Waals surface area contributed by atoms with Crippen LogP contribution >= 0.6 is 7.37 Å². The maximum Gasteiger partial charge on any atom is 0.262 e. The van der Waals surface area contributed by atoms with Crippen molar-refractivity contribution in [3.63, 3.8) is 0 Å². The van der Waals surface area contributed by atoms with Crippen molar-refractivity contribution >= 4 is 35.8 Å². The smallest absolute Gasteiger partial charge is 0.262 e. The fourth-order valence-corrected chi connectivity index (χ4v) is 6.34. The van der Waals surface area contributed by atoms with Gasteiger partial charge in [0.15, 0.2) is 0 Å². The highest BCUT2D eigenvalue weighted by Crippen LogP contribution is 2.48. The molecule has 0 radical (unpaired) electrons. The van der Waals surface area contributed by atoms with Crippen molar-refractivity contribution in [2.45, 2.75) is 13.8 Å². The highest BCUT2D eigenvalue weighted by atomic mass is 31.2. The predicted molar refractivity (Wildman–Crippen MR) is 113 cm³/mol. The number of nitrogen functional groups attached to an aromatic ring is 1. The van der Waals surface area contributed by atoms with Gasteiger partial charge in [0.25, 0.3) is 7.37 Å². The molecule has 0 amide bonds. The van der Waals surface area contributed by atoms with Crippen molar-refractivity contribution in [2.75, 3.05) is 12.3 Å². The van der Waals surface area contributed by atoms with Crippen LogP contribution < -0.4 is 26.8 Å². The van der Waals surface area contributed by atoms with Gasteiger partial charge in [-0.2, -0.15) is 0 Å². The lowest BCUT2D eigenvalue weighted by Gasteiger charge is -2.28. The molecular weight excluding hydrogens is 353 g/mol. The SMILES string of the molecule is C=c1ccc2c(c1)P(=O)(OCC)c1cc(N)ccc1C=2c1ccccc1C. The molecule has 2 N–H and O–H groups in total. The molecule has 0 aromatic heterocycles. The average molecular weight is 375 g/mol. The van der Waals surface area contributed by atoms with E-state index in [0.29, 0.717) is 22.9 Å². The highest BCUT2D eigenvalue weighted by molar-refractivity contribution is 7.74. The predicted octanol–water partition coefficient (Wildman–Crippen LogP) is 2.81. The third-order valence-electron chi connectivity index (χ3n) is 4.98. The molecule has 1 atom stereocenters. The zero-order valence-electron chi connectivity index (χ0n) is 15.5.